The predicted molar refractivity (Wildman–Crippen MR) is 77.2 cm³/mol. The lowest BCUT2D eigenvalue weighted by Gasteiger charge is -2.31. The van der Waals surface area contributed by atoms with E-state index in [1.807, 2.05) is 11.8 Å². The fraction of sp³-hybridized carbons (Fsp3) is 0.692. The van der Waals surface area contributed by atoms with Gasteiger partial charge in [0.25, 0.3) is 0 Å². The molecule has 1 N–H and O–H groups in total. The van der Waals surface area contributed by atoms with Crippen molar-refractivity contribution in [1.82, 2.24) is 5.32 Å². The molecule has 0 spiro atoms. The van der Waals surface area contributed by atoms with Gasteiger partial charge in [-0.05, 0) is 41.8 Å². The molecular formula is C13H21NOS2. The first-order chi connectivity index (χ1) is 8.40. The van der Waals surface area contributed by atoms with Gasteiger partial charge in [-0.3, -0.25) is 0 Å². The maximum atomic E-state index is 5.91. The summed E-state index contributed by atoms with van der Waals surface area (Å²) in [6, 6.07) is 2.69. The first-order valence-electron chi connectivity index (χ1n) is 6.34. The van der Waals surface area contributed by atoms with E-state index >= 15 is 0 Å². The van der Waals surface area contributed by atoms with Crippen LogP contribution in [0.25, 0.3) is 0 Å². The molecule has 1 aromatic rings. The molecule has 1 aliphatic rings. The Hall–Kier alpha value is -0.0300. The molecule has 1 saturated heterocycles. The van der Waals surface area contributed by atoms with Gasteiger partial charge >= 0.3 is 0 Å². The monoisotopic (exact) mass is 271 g/mol. The standard InChI is InChI=1S/C13H21NOS2/c1-2-4-14-12(8-11-3-6-16-9-11)13-10-17-7-5-15-13/h3,6,9,12-14H,2,4-5,7-8,10H2,1H3. The van der Waals surface area contributed by atoms with Crippen molar-refractivity contribution in [1.29, 1.82) is 0 Å². The van der Waals surface area contributed by atoms with Crippen LogP contribution in [-0.2, 0) is 11.2 Å². The van der Waals surface area contributed by atoms with E-state index in [2.05, 4.69) is 29.1 Å². The van der Waals surface area contributed by atoms with E-state index < -0.39 is 0 Å². The highest BCUT2D eigenvalue weighted by Crippen LogP contribution is 2.19. The number of hydrogen-bond donors (Lipinski definition) is 1. The van der Waals surface area contributed by atoms with Crippen molar-refractivity contribution in [2.45, 2.75) is 31.9 Å². The van der Waals surface area contributed by atoms with E-state index in [0.717, 1.165) is 31.1 Å². The van der Waals surface area contributed by atoms with E-state index in [0.29, 0.717) is 12.1 Å². The van der Waals surface area contributed by atoms with Crippen molar-refractivity contribution in [3.05, 3.63) is 22.4 Å². The Balaban J connectivity index is 1.91. The highest BCUT2D eigenvalue weighted by molar-refractivity contribution is 7.99. The molecule has 1 aromatic heterocycles. The summed E-state index contributed by atoms with van der Waals surface area (Å²) >= 11 is 3.79. The molecule has 2 unspecified atom stereocenters. The average Bonchev–Trinajstić information content (AvgIpc) is 2.88. The summed E-state index contributed by atoms with van der Waals surface area (Å²) in [5.74, 6) is 2.28. The maximum Gasteiger partial charge on any atom is 0.0821 e. The highest BCUT2D eigenvalue weighted by atomic mass is 32.2. The fourth-order valence-electron chi connectivity index (χ4n) is 2.07. The number of thiophene rings is 1. The second-order valence-corrected chi connectivity index (χ2v) is 6.31. The van der Waals surface area contributed by atoms with Crippen LogP contribution in [0.3, 0.4) is 0 Å². The molecule has 0 aliphatic carbocycles. The molecule has 0 bridgehead atoms. The summed E-state index contributed by atoms with van der Waals surface area (Å²) in [5.41, 5.74) is 1.43. The van der Waals surface area contributed by atoms with Gasteiger partial charge in [-0.2, -0.15) is 23.1 Å². The van der Waals surface area contributed by atoms with Crippen molar-refractivity contribution < 1.29 is 4.74 Å². The van der Waals surface area contributed by atoms with Gasteiger partial charge in [-0.15, -0.1) is 0 Å². The summed E-state index contributed by atoms with van der Waals surface area (Å²) in [7, 11) is 0. The lowest BCUT2D eigenvalue weighted by molar-refractivity contribution is 0.0472. The fourth-order valence-corrected chi connectivity index (χ4v) is 3.69. The molecule has 2 atom stereocenters. The van der Waals surface area contributed by atoms with Gasteiger partial charge in [0.2, 0.25) is 0 Å². The Morgan fingerprint density at radius 3 is 3.18 bits per heavy atom. The Morgan fingerprint density at radius 1 is 1.59 bits per heavy atom. The second kappa shape index (κ2) is 7.41. The molecule has 17 heavy (non-hydrogen) atoms. The Kier molecular flexibility index (Phi) is 5.85. The minimum absolute atomic E-state index is 0.375. The number of rotatable bonds is 6. The van der Waals surface area contributed by atoms with E-state index in [1.54, 1.807) is 11.3 Å². The van der Waals surface area contributed by atoms with E-state index in [4.69, 9.17) is 4.74 Å². The third-order valence-electron chi connectivity index (χ3n) is 2.98. The molecule has 2 nitrogen and oxygen atoms in total. The maximum absolute atomic E-state index is 5.91. The minimum Gasteiger partial charge on any atom is -0.375 e. The molecule has 4 heteroatoms. The van der Waals surface area contributed by atoms with Gasteiger partial charge in [-0.25, -0.2) is 0 Å². The smallest absolute Gasteiger partial charge is 0.0821 e. The van der Waals surface area contributed by atoms with Crippen LogP contribution in [0.1, 0.15) is 18.9 Å². The molecule has 1 aliphatic heterocycles. The zero-order valence-corrected chi connectivity index (χ0v) is 12.0. The molecular weight excluding hydrogens is 250 g/mol. The molecule has 0 aromatic carbocycles. The molecule has 0 amide bonds. The van der Waals surface area contributed by atoms with E-state index in [-0.39, 0.29) is 0 Å². The first-order valence-corrected chi connectivity index (χ1v) is 8.43. The normalized spacial score (nSPS) is 22.5. The molecule has 96 valence electrons. The molecule has 0 saturated carbocycles. The predicted octanol–water partition coefficient (Wildman–Crippen LogP) is 2.79. The lowest BCUT2D eigenvalue weighted by atomic mass is 10.0. The van der Waals surface area contributed by atoms with Crippen LogP contribution in [-0.4, -0.2) is 36.8 Å². The summed E-state index contributed by atoms with van der Waals surface area (Å²) in [6.45, 7) is 4.20. The lowest BCUT2D eigenvalue weighted by Crippen LogP contribution is -2.46. The minimum atomic E-state index is 0.375. The first kappa shape index (κ1) is 13.4. The second-order valence-electron chi connectivity index (χ2n) is 4.38. The summed E-state index contributed by atoms with van der Waals surface area (Å²) in [6.07, 6.45) is 2.65. The summed E-state index contributed by atoms with van der Waals surface area (Å²) < 4.78 is 5.91. The SMILES string of the molecule is CCCNC(Cc1ccsc1)C1CSCCO1. The van der Waals surface area contributed by atoms with Crippen molar-refractivity contribution >= 4 is 23.1 Å². The average molecular weight is 271 g/mol. The highest BCUT2D eigenvalue weighted by Gasteiger charge is 2.24. The Morgan fingerprint density at radius 2 is 2.53 bits per heavy atom. The van der Waals surface area contributed by atoms with Gasteiger partial charge in [0, 0.05) is 17.5 Å². The van der Waals surface area contributed by atoms with E-state index in [9.17, 15) is 0 Å². The zero-order chi connectivity index (χ0) is 11.9. The van der Waals surface area contributed by atoms with Gasteiger partial charge in [0.15, 0.2) is 0 Å². The Bertz CT molecular complexity index is 296. The molecule has 2 heterocycles. The van der Waals surface area contributed by atoms with Crippen molar-refractivity contribution in [2.75, 3.05) is 24.7 Å². The van der Waals surface area contributed by atoms with Crippen molar-refractivity contribution in [3.8, 4) is 0 Å². The van der Waals surface area contributed by atoms with Crippen LogP contribution < -0.4 is 5.32 Å². The van der Waals surface area contributed by atoms with Crippen LogP contribution >= 0.6 is 23.1 Å². The van der Waals surface area contributed by atoms with Crippen molar-refractivity contribution in [3.63, 3.8) is 0 Å². The van der Waals surface area contributed by atoms with Crippen LogP contribution in [0.4, 0.5) is 0 Å². The summed E-state index contributed by atoms with van der Waals surface area (Å²) in [4.78, 5) is 0. The van der Waals surface area contributed by atoms with Crippen LogP contribution in [0.5, 0.6) is 0 Å². The number of nitrogens with one attached hydrogen (secondary N) is 1. The van der Waals surface area contributed by atoms with Crippen molar-refractivity contribution in [2.24, 2.45) is 0 Å². The topological polar surface area (TPSA) is 21.3 Å². The molecule has 1 fully saturated rings. The molecule has 0 radical (unpaired) electrons. The quantitative estimate of drug-likeness (QED) is 0.859. The van der Waals surface area contributed by atoms with Crippen LogP contribution in [0.2, 0.25) is 0 Å². The third-order valence-corrected chi connectivity index (χ3v) is 4.73. The molecule has 2 rings (SSSR count). The largest absolute Gasteiger partial charge is 0.375 e. The van der Waals surface area contributed by atoms with Gasteiger partial charge in [0.05, 0.1) is 12.7 Å². The zero-order valence-electron chi connectivity index (χ0n) is 10.4. The third kappa shape index (κ3) is 4.28. The number of ether oxygens (including phenoxy) is 1. The van der Waals surface area contributed by atoms with Gasteiger partial charge in [-0.1, -0.05) is 6.92 Å². The number of thioether (sulfide) groups is 1. The Labute approximate surface area is 112 Å². The number of hydrogen-bond acceptors (Lipinski definition) is 4. The van der Waals surface area contributed by atoms with Crippen LogP contribution in [0.15, 0.2) is 16.8 Å². The van der Waals surface area contributed by atoms with Gasteiger partial charge < -0.3 is 10.1 Å². The summed E-state index contributed by atoms with van der Waals surface area (Å²) in [5, 5.41) is 8.05. The van der Waals surface area contributed by atoms with Crippen LogP contribution in [0, 0.1) is 0 Å². The van der Waals surface area contributed by atoms with Gasteiger partial charge in [0.1, 0.15) is 0 Å². The van der Waals surface area contributed by atoms with E-state index in [1.165, 1.54) is 12.0 Å².